The molecule has 2 atom stereocenters. The van der Waals surface area contributed by atoms with Gasteiger partial charge < -0.3 is 4.74 Å². The first kappa shape index (κ1) is 19.1. The van der Waals surface area contributed by atoms with Crippen molar-refractivity contribution in [2.75, 3.05) is 6.73 Å². The quantitative estimate of drug-likeness (QED) is 0.815. The second-order valence-electron chi connectivity index (χ2n) is 7.25. The number of hydrogen-bond acceptors (Lipinski definition) is 3. The van der Waals surface area contributed by atoms with E-state index in [0.29, 0.717) is 13.0 Å². The summed E-state index contributed by atoms with van der Waals surface area (Å²) in [4.78, 5) is 26.7. The molecule has 2 unspecified atom stereocenters. The number of benzene rings is 2. The lowest BCUT2D eigenvalue weighted by Crippen LogP contribution is -2.62. The van der Waals surface area contributed by atoms with E-state index in [4.69, 9.17) is 4.74 Å². The third kappa shape index (κ3) is 4.74. The van der Waals surface area contributed by atoms with Gasteiger partial charge in [-0.25, -0.2) is 4.79 Å². The van der Waals surface area contributed by atoms with Crippen molar-refractivity contribution in [1.29, 1.82) is 0 Å². The summed E-state index contributed by atoms with van der Waals surface area (Å²) in [5, 5.41) is 2.49. The maximum absolute atomic E-state index is 12.5. The summed E-state index contributed by atoms with van der Waals surface area (Å²) < 4.78 is 5.81. The highest BCUT2D eigenvalue weighted by Gasteiger charge is 2.42. The predicted molar refractivity (Wildman–Crippen MR) is 104 cm³/mol. The Hall–Kier alpha value is -2.66. The Kier molecular flexibility index (Phi) is 6.24. The lowest BCUT2D eigenvalue weighted by molar-refractivity contribution is -0.131. The van der Waals surface area contributed by atoms with Crippen LogP contribution in [0, 0.1) is 11.8 Å². The molecule has 1 saturated heterocycles. The molecular formula is C22H26N2O3. The number of carbonyl (C=O) groups excluding carboxylic acids is 2. The normalized spacial score (nSPS) is 20.0. The summed E-state index contributed by atoms with van der Waals surface area (Å²) in [6, 6.07) is 19.2. The van der Waals surface area contributed by atoms with Gasteiger partial charge in [-0.3, -0.25) is 15.0 Å². The standard InChI is InChI=1S/C22H26N2O3/c1-16(2)20-19(13-17-9-5-3-6-10-17)24(22(26)23-21(20)25)15-27-14-18-11-7-4-8-12-18/h3-12,16,19-20H,13-15H2,1-2H3,(H,23,25,26). The molecule has 0 aromatic heterocycles. The van der Waals surface area contributed by atoms with Crippen LogP contribution in [0.25, 0.3) is 0 Å². The Balaban J connectivity index is 1.76. The van der Waals surface area contributed by atoms with E-state index in [1.165, 1.54) is 0 Å². The van der Waals surface area contributed by atoms with Gasteiger partial charge in [0.2, 0.25) is 5.91 Å². The van der Waals surface area contributed by atoms with E-state index >= 15 is 0 Å². The van der Waals surface area contributed by atoms with Crippen LogP contribution in [0.3, 0.4) is 0 Å². The highest BCUT2D eigenvalue weighted by atomic mass is 16.5. The summed E-state index contributed by atoms with van der Waals surface area (Å²) in [6.45, 7) is 4.60. The largest absolute Gasteiger partial charge is 0.356 e. The molecule has 2 aromatic rings. The lowest BCUT2D eigenvalue weighted by Gasteiger charge is -2.41. The first-order valence-electron chi connectivity index (χ1n) is 9.33. The summed E-state index contributed by atoms with van der Waals surface area (Å²) >= 11 is 0. The summed E-state index contributed by atoms with van der Waals surface area (Å²) in [5.41, 5.74) is 2.15. The van der Waals surface area contributed by atoms with Crippen LogP contribution in [0.5, 0.6) is 0 Å². The Morgan fingerprint density at radius 3 is 2.15 bits per heavy atom. The third-order valence-electron chi connectivity index (χ3n) is 4.96. The molecule has 1 fully saturated rings. The maximum Gasteiger partial charge on any atom is 0.326 e. The van der Waals surface area contributed by atoms with Gasteiger partial charge in [-0.15, -0.1) is 0 Å². The third-order valence-corrected chi connectivity index (χ3v) is 4.96. The molecule has 0 saturated carbocycles. The van der Waals surface area contributed by atoms with Gasteiger partial charge in [0.25, 0.3) is 0 Å². The molecule has 5 heteroatoms. The average Bonchev–Trinajstić information content (AvgIpc) is 2.65. The molecule has 3 amide bonds. The van der Waals surface area contributed by atoms with Crippen LogP contribution in [0.4, 0.5) is 4.79 Å². The van der Waals surface area contributed by atoms with Crippen molar-refractivity contribution in [3.63, 3.8) is 0 Å². The minimum Gasteiger partial charge on any atom is -0.356 e. The minimum atomic E-state index is -0.383. The van der Waals surface area contributed by atoms with E-state index in [9.17, 15) is 9.59 Å². The van der Waals surface area contributed by atoms with Crippen molar-refractivity contribution in [2.45, 2.75) is 32.9 Å². The molecule has 5 nitrogen and oxygen atoms in total. The zero-order valence-electron chi connectivity index (χ0n) is 15.8. The van der Waals surface area contributed by atoms with Crippen LogP contribution in [-0.4, -0.2) is 29.6 Å². The fourth-order valence-electron chi connectivity index (χ4n) is 3.61. The minimum absolute atomic E-state index is 0.114. The van der Waals surface area contributed by atoms with Crippen LogP contribution in [0.15, 0.2) is 60.7 Å². The topological polar surface area (TPSA) is 58.6 Å². The molecule has 2 aromatic carbocycles. The van der Waals surface area contributed by atoms with E-state index < -0.39 is 0 Å². The molecular weight excluding hydrogens is 340 g/mol. The van der Waals surface area contributed by atoms with E-state index in [2.05, 4.69) is 5.32 Å². The first-order chi connectivity index (χ1) is 13.1. The fourth-order valence-corrected chi connectivity index (χ4v) is 3.61. The number of urea groups is 1. The molecule has 1 N–H and O–H groups in total. The highest BCUT2D eigenvalue weighted by molar-refractivity contribution is 5.98. The summed E-state index contributed by atoms with van der Waals surface area (Å²) in [6.07, 6.45) is 0.623. The smallest absolute Gasteiger partial charge is 0.326 e. The number of nitrogens with zero attached hydrogens (tertiary/aromatic N) is 1. The molecule has 142 valence electrons. The predicted octanol–water partition coefficient (Wildman–Crippen LogP) is 3.60. The van der Waals surface area contributed by atoms with Gasteiger partial charge in [-0.1, -0.05) is 74.5 Å². The number of hydrogen-bond donors (Lipinski definition) is 1. The number of ether oxygens (including phenoxy) is 1. The van der Waals surface area contributed by atoms with Gasteiger partial charge in [-0.05, 0) is 23.5 Å². The van der Waals surface area contributed by atoms with Crippen molar-refractivity contribution in [2.24, 2.45) is 11.8 Å². The second-order valence-corrected chi connectivity index (χ2v) is 7.25. The van der Waals surface area contributed by atoms with Crippen LogP contribution in [0.1, 0.15) is 25.0 Å². The van der Waals surface area contributed by atoms with E-state index in [0.717, 1.165) is 11.1 Å². The Labute approximate surface area is 160 Å². The number of nitrogens with one attached hydrogen (secondary N) is 1. The van der Waals surface area contributed by atoms with Gasteiger partial charge in [0, 0.05) is 0 Å². The van der Waals surface area contributed by atoms with Crippen molar-refractivity contribution < 1.29 is 14.3 Å². The fraction of sp³-hybridized carbons (Fsp3) is 0.364. The van der Waals surface area contributed by atoms with Crippen molar-refractivity contribution in [1.82, 2.24) is 10.2 Å². The van der Waals surface area contributed by atoms with Crippen LogP contribution in [-0.2, 0) is 22.6 Å². The molecule has 1 heterocycles. The Morgan fingerprint density at radius 2 is 1.56 bits per heavy atom. The van der Waals surface area contributed by atoms with Gasteiger partial charge in [0.15, 0.2) is 0 Å². The van der Waals surface area contributed by atoms with Crippen molar-refractivity contribution in [3.8, 4) is 0 Å². The monoisotopic (exact) mass is 366 g/mol. The van der Waals surface area contributed by atoms with Gasteiger partial charge in [0.1, 0.15) is 6.73 Å². The maximum atomic E-state index is 12.5. The Morgan fingerprint density at radius 1 is 0.963 bits per heavy atom. The van der Waals surface area contributed by atoms with Crippen LogP contribution < -0.4 is 5.32 Å². The highest BCUT2D eigenvalue weighted by Crippen LogP contribution is 2.27. The van der Waals surface area contributed by atoms with Crippen LogP contribution in [0.2, 0.25) is 0 Å². The number of carbonyl (C=O) groups is 2. The average molecular weight is 366 g/mol. The van der Waals surface area contributed by atoms with Gasteiger partial charge >= 0.3 is 6.03 Å². The first-order valence-corrected chi connectivity index (χ1v) is 9.33. The summed E-state index contributed by atoms with van der Waals surface area (Å²) in [7, 11) is 0. The lowest BCUT2D eigenvalue weighted by atomic mass is 9.82. The second kappa shape index (κ2) is 8.82. The van der Waals surface area contributed by atoms with E-state index in [1.807, 2.05) is 74.5 Å². The van der Waals surface area contributed by atoms with E-state index in [1.54, 1.807) is 4.90 Å². The number of amides is 3. The zero-order chi connectivity index (χ0) is 19.2. The molecule has 0 radical (unpaired) electrons. The SMILES string of the molecule is CC(C)C1C(=O)NC(=O)N(COCc2ccccc2)C1Cc1ccccc1. The summed E-state index contributed by atoms with van der Waals surface area (Å²) in [5.74, 6) is -0.359. The molecule has 27 heavy (non-hydrogen) atoms. The molecule has 0 aliphatic carbocycles. The molecule has 0 bridgehead atoms. The molecule has 0 spiro atoms. The Bertz CT molecular complexity index is 762. The van der Waals surface area contributed by atoms with Gasteiger partial charge in [-0.2, -0.15) is 0 Å². The zero-order valence-corrected chi connectivity index (χ0v) is 15.8. The molecule has 1 aliphatic heterocycles. The number of imide groups is 1. The van der Waals surface area contributed by atoms with Crippen molar-refractivity contribution >= 4 is 11.9 Å². The van der Waals surface area contributed by atoms with Crippen LogP contribution >= 0.6 is 0 Å². The molecule has 3 rings (SSSR count). The molecule has 1 aliphatic rings. The van der Waals surface area contributed by atoms with E-state index in [-0.39, 0.29) is 36.5 Å². The van der Waals surface area contributed by atoms with Gasteiger partial charge in [0.05, 0.1) is 18.6 Å². The van der Waals surface area contributed by atoms with Crippen molar-refractivity contribution in [3.05, 3.63) is 71.8 Å². The number of rotatable bonds is 7.